The summed E-state index contributed by atoms with van der Waals surface area (Å²) in [4.78, 5) is 0. The van der Waals surface area contributed by atoms with Crippen molar-refractivity contribution in [3.8, 4) is 11.8 Å². The Morgan fingerprint density at radius 3 is 2.65 bits per heavy atom. The van der Waals surface area contributed by atoms with Crippen molar-refractivity contribution in [3.05, 3.63) is 71.3 Å². The molecule has 0 radical (unpaired) electrons. The zero-order valence-electron chi connectivity index (χ0n) is 13.4. The van der Waals surface area contributed by atoms with E-state index in [9.17, 15) is 0 Å². The third-order valence-electron chi connectivity index (χ3n) is 4.58. The average Bonchev–Trinajstić information content (AvgIpc) is 2.59. The van der Waals surface area contributed by atoms with Crippen molar-refractivity contribution in [2.75, 3.05) is 6.61 Å². The van der Waals surface area contributed by atoms with Gasteiger partial charge in [-0.1, -0.05) is 49.4 Å². The second kappa shape index (κ2) is 7.15. The Kier molecular flexibility index (Phi) is 4.78. The first kappa shape index (κ1) is 15.4. The number of allylic oxidation sites excluding steroid dienone is 1. The lowest BCUT2D eigenvalue weighted by atomic mass is 9.84. The second-order valence-corrected chi connectivity index (χ2v) is 6.05. The first-order chi connectivity index (χ1) is 11.3. The van der Waals surface area contributed by atoms with Crippen molar-refractivity contribution in [1.29, 1.82) is 5.26 Å². The highest BCUT2D eigenvalue weighted by Crippen LogP contribution is 2.29. The molecule has 1 aliphatic rings. The van der Waals surface area contributed by atoms with Crippen LogP contribution in [0.4, 0.5) is 0 Å². The Morgan fingerprint density at radius 2 is 1.91 bits per heavy atom. The van der Waals surface area contributed by atoms with Crippen molar-refractivity contribution in [3.63, 3.8) is 0 Å². The SMILES string of the molecule is CCC1COc2ccccc2C=CC1Cc1ccc(C#N)cc1. The molecule has 0 amide bonds. The van der Waals surface area contributed by atoms with Crippen LogP contribution in [0.2, 0.25) is 0 Å². The van der Waals surface area contributed by atoms with Crippen LogP contribution >= 0.6 is 0 Å². The van der Waals surface area contributed by atoms with E-state index in [1.165, 1.54) is 5.56 Å². The zero-order valence-corrected chi connectivity index (χ0v) is 13.4. The Hall–Kier alpha value is -2.53. The number of hydrogen-bond donors (Lipinski definition) is 0. The van der Waals surface area contributed by atoms with Crippen LogP contribution in [0, 0.1) is 23.2 Å². The molecule has 0 fully saturated rings. The molecule has 0 spiro atoms. The molecule has 0 N–H and O–H groups in total. The molecule has 0 aromatic heterocycles. The molecule has 2 heteroatoms. The van der Waals surface area contributed by atoms with E-state index in [1.54, 1.807) is 0 Å². The maximum atomic E-state index is 8.91. The number of hydrogen-bond acceptors (Lipinski definition) is 2. The number of benzene rings is 2. The van der Waals surface area contributed by atoms with E-state index in [4.69, 9.17) is 10.00 Å². The fourth-order valence-corrected chi connectivity index (χ4v) is 3.10. The molecule has 23 heavy (non-hydrogen) atoms. The van der Waals surface area contributed by atoms with Gasteiger partial charge in [0.05, 0.1) is 18.2 Å². The lowest BCUT2D eigenvalue weighted by Crippen LogP contribution is -2.23. The number of nitrogens with zero attached hydrogens (tertiary/aromatic N) is 1. The van der Waals surface area contributed by atoms with Crippen LogP contribution < -0.4 is 4.74 Å². The number of para-hydroxylation sites is 1. The number of rotatable bonds is 3. The van der Waals surface area contributed by atoms with Crippen molar-refractivity contribution >= 4 is 6.08 Å². The van der Waals surface area contributed by atoms with E-state index in [2.05, 4.69) is 43.3 Å². The molecule has 2 atom stereocenters. The molecular weight excluding hydrogens is 282 g/mol. The van der Waals surface area contributed by atoms with Gasteiger partial charge in [-0.15, -0.1) is 0 Å². The summed E-state index contributed by atoms with van der Waals surface area (Å²) in [5, 5.41) is 8.91. The van der Waals surface area contributed by atoms with Gasteiger partial charge in [-0.25, -0.2) is 0 Å². The van der Waals surface area contributed by atoms with E-state index >= 15 is 0 Å². The molecule has 2 unspecified atom stereocenters. The summed E-state index contributed by atoms with van der Waals surface area (Å²) in [5.74, 6) is 1.91. The smallest absolute Gasteiger partial charge is 0.126 e. The lowest BCUT2D eigenvalue weighted by Gasteiger charge is -2.26. The molecular formula is C21H21NO. The normalized spacial score (nSPS) is 19.8. The van der Waals surface area contributed by atoms with Gasteiger partial charge in [0.2, 0.25) is 0 Å². The molecule has 0 aliphatic carbocycles. The van der Waals surface area contributed by atoms with Crippen LogP contribution in [0.15, 0.2) is 54.6 Å². The van der Waals surface area contributed by atoms with Crippen molar-refractivity contribution in [2.24, 2.45) is 11.8 Å². The zero-order chi connectivity index (χ0) is 16.1. The summed E-state index contributed by atoms with van der Waals surface area (Å²) < 4.78 is 6.04. The topological polar surface area (TPSA) is 33.0 Å². The van der Waals surface area contributed by atoms with Gasteiger partial charge in [0, 0.05) is 5.56 Å². The molecule has 2 aromatic rings. The maximum Gasteiger partial charge on any atom is 0.126 e. The van der Waals surface area contributed by atoms with Crippen LogP contribution in [-0.4, -0.2) is 6.61 Å². The molecule has 1 heterocycles. The number of nitriles is 1. The molecule has 1 aliphatic heterocycles. The molecule has 0 saturated carbocycles. The monoisotopic (exact) mass is 303 g/mol. The first-order valence-electron chi connectivity index (χ1n) is 8.19. The molecule has 2 nitrogen and oxygen atoms in total. The van der Waals surface area contributed by atoms with Gasteiger partial charge >= 0.3 is 0 Å². The lowest BCUT2D eigenvalue weighted by molar-refractivity contribution is 0.206. The number of ether oxygens (including phenoxy) is 1. The predicted octanol–water partition coefficient (Wildman–Crippen LogP) is 4.85. The maximum absolute atomic E-state index is 8.91. The minimum atomic E-state index is 0.446. The van der Waals surface area contributed by atoms with E-state index in [0.29, 0.717) is 17.4 Å². The average molecular weight is 303 g/mol. The predicted molar refractivity (Wildman–Crippen MR) is 93.1 cm³/mol. The summed E-state index contributed by atoms with van der Waals surface area (Å²) in [5.41, 5.74) is 3.13. The first-order valence-corrected chi connectivity index (χ1v) is 8.19. The standard InChI is InChI=1S/C21H21NO/c1-2-18-15-23-21-6-4-3-5-19(21)11-12-20(18)13-16-7-9-17(14-22)10-8-16/h3-12,18,20H,2,13,15H2,1H3. The Morgan fingerprint density at radius 1 is 1.13 bits per heavy atom. The van der Waals surface area contributed by atoms with E-state index in [0.717, 1.165) is 30.8 Å². The highest BCUT2D eigenvalue weighted by molar-refractivity contribution is 5.57. The molecule has 116 valence electrons. The van der Waals surface area contributed by atoms with Crippen molar-refractivity contribution in [2.45, 2.75) is 19.8 Å². The van der Waals surface area contributed by atoms with E-state index < -0.39 is 0 Å². The summed E-state index contributed by atoms with van der Waals surface area (Å²) >= 11 is 0. The summed E-state index contributed by atoms with van der Waals surface area (Å²) in [6.45, 7) is 2.97. The van der Waals surface area contributed by atoms with E-state index in [-0.39, 0.29) is 0 Å². The van der Waals surface area contributed by atoms with Gasteiger partial charge in [0.15, 0.2) is 0 Å². The fourth-order valence-electron chi connectivity index (χ4n) is 3.10. The third kappa shape index (κ3) is 3.63. The molecule has 0 bridgehead atoms. The summed E-state index contributed by atoms with van der Waals surface area (Å²) in [6.07, 6.45) is 6.58. The quantitative estimate of drug-likeness (QED) is 0.812. The Balaban J connectivity index is 1.83. The van der Waals surface area contributed by atoms with Gasteiger partial charge in [-0.3, -0.25) is 0 Å². The van der Waals surface area contributed by atoms with Crippen molar-refractivity contribution < 1.29 is 4.74 Å². The Labute approximate surface area is 138 Å². The molecule has 3 rings (SSSR count). The summed E-state index contributed by atoms with van der Waals surface area (Å²) in [6, 6.07) is 18.3. The largest absolute Gasteiger partial charge is 0.493 e. The van der Waals surface area contributed by atoms with Crippen LogP contribution in [-0.2, 0) is 6.42 Å². The minimum absolute atomic E-state index is 0.446. The second-order valence-electron chi connectivity index (χ2n) is 6.05. The van der Waals surface area contributed by atoms with Crippen LogP contribution in [0.3, 0.4) is 0 Å². The van der Waals surface area contributed by atoms with Crippen LogP contribution in [0.1, 0.15) is 30.0 Å². The van der Waals surface area contributed by atoms with Gasteiger partial charge in [0.25, 0.3) is 0 Å². The van der Waals surface area contributed by atoms with Gasteiger partial charge < -0.3 is 4.74 Å². The number of fused-ring (bicyclic) bond motifs is 1. The molecule has 0 saturated heterocycles. The van der Waals surface area contributed by atoms with Crippen molar-refractivity contribution in [1.82, 2.24) is 0 Å². The van der Waals surface area contributed by atoms with Gasteiger partial charge in [0.1, 0.15) is 5.75 Å². The highest BCUT2D eigenvalue weighted by atomic mass is 16.5. The van der Waals surface area contributed by atoms with Gasteiger partial charge in [-0.05, 0) is 48.4 Å². The van der Waals surface area contributed by atoms with Gasteiger partial charge in [-0.2, -0.15) is 5.26 Å². The molecule has 2 aromatic carbocycles. The summed E-state index contributed by atoms with van der Waals surface area (Å²) in [7, 11) is 0. The highest BCUT2D eigenvalue weighted by Gasteiger charge is 2.21. The Bertz CT molecular complexity index is 724. The third-order valence-corrected chi connectivity index (χ3v) is 4.58. The minimum Gasteiger partial charge on any atom is -0.493 e. The fraction of sp³-hybridized carbons (Fsp3) is 0.286. The van der Waals surface area contributed by atoms with Crippen LogP contribution in [0.25, 0.3) is 6.08 Å². The van der Waals surface area contributed by atoms with Crippen LogP contribution in [0.5, 0.6) is 5.75 Å². The van der Waals surface area contributed by atoms with E-state index in [1.807, 2.05) is 30.3 Å².